The van der Waals surface area contributed by atoms with E-state index >= 15 is 0 Å². The van der Waals surface area contributed by atoms with Crippen molar-refractivity contribution in [3.63, 3.8) is 0 Å². The zero-order valence-corrected chi connectivity index (χ0v) is 15.4. The van der Waals surface area contributed by atoms with Gasteiger partial charge in [0.2, 0.25) is 0 Å². The molecule has 0 saturated carbocycles. The first-order valence-electron chi connectivity index (χ1n) is 8.13. The van der Waals surface area contributed by atoms with Crippen LogP contribution < -0.4 is 9.47 Å². The molecule has 0 bridgehead atoms. The summed E-state index contributed by atoms with van der Waals surface area (Å²) < 4.78 is 16.6. The maximum absolute atomic E-state index is 5.70. The van der Waals surface area contributed by atoms with Crippen LogP contribution in [0.4, 0.5) is 0 Å². The monoisotopic (exact) mass is 348 g/mol. The highest BCUT2D eigenvalue weighted by Crippen LogP contribution is 2.39. The smallest absolute Gasteiger partial charge is 0.170 e. The van der Waals surface area contributed by atoms with Gasteiger partial charge in [-0.15, -0.1) is 11.3 Å². The highest BCUT2D eigenvalue weighted by molar-refractivity contribution is 7.13. The van der Waals surface area contributed by atoms with Gasteiger partial charge in [0.25, 0.3) is 0 Å². The molecule has 0 N–H and O–H groups in total. The molecule has 1 aromatic carbocycles. The Morgan fingerprint density at radius 2 is 2.12 bits per heavy atom. The molecule has 0 radical (unpaired) electrons. The van der Waals surface area contributed by atoms with Crippen LogP contribution in [-0.2, 0) is 11.3 Å². The van der Waals surface area contributed by atoms with Gasteiger partial charge in [0.05, 0.1) is 38.2 Å². The van der Waals surface area contributed by atoms with Gasteiger partial charge in [-0.3, -0.25) is 4.90 Å². The third-order valence-electron chi connectivity index (χ3n) is 4.29. The number of nitrogens with zero attached hydrogens (tertiary/aromatic N) is 2. The van der Waals surface area contributed by atoms with Crippen molar-refractivity contribution in [1.29, 1.82) is 0 Å². The predicted molar refractivity (Wildman–Crippen MR) is 95.9 cm³/mol. The second kappa shape index (κ2) is 7.51. The lowest BCUT2D eigenvalue weighted by atomic mass is 10.2. The number of aromatic nitrogens is 1. The van der Waals surface area contributed by atoms with Crippen molar-refractivity contribution in [3.05, 3.63) is 29.3 Å². The molecule has 0 aliphatic carbocycles. The number of hydrogen-bond donors (Lipinski definition) is 0. The number of benzene rings is 1. The molecule has 2 aromatic rings. The fourth-order valence-electron chi connectivity index (χ4n) is 2.96. The second-order valence-electron chi connectivity index (χ2n) is 6.11. The molecule has 0 spiro atoms. The van der Waals surface area contributed by atoms with E-state index in [2.05, 4.69) is 24.1 Å². The summed E-state index contributed by atoms with van der Waals surface area (Å²) in [6.07, 6.45) is 0.276. The first-order chi connectivity index (χ1) is 11.6. The van der Waals surface area contributed by atoms with Crippen molar-refractivity contribution in [3.8, 4) is 22.1 Å². The maximum Gasteiger partial charge on any atom is 0.170 e. The van der Waals surface area contributed by atoms with Gasteiger partial charge < -0.3 is 14.2 Å². The van der Waals surface area contributed by atoms with Gasteiger partial charge in [-0.2, -0.15) is 0 Å². The average molecular weight is 348 g/mol. The highest BCUT2D eigenvalue weighted by Gasteiger charge is 2.24. The molecule has 3 rings (SSSR count). The fourth-order valence-corrected chi connectivity index (χ4v) is 3.79. The highest BCUT2D eigenvalue weighted by atomic mass is 32.1. The summed E-state index contributed by atoms with van der Waals surface area (Å²) >= 11 is 1.64. The summed E-state index contributed by atoms with van der Waals surface area (Å²) in [5.41, 5.74) is 2.05. The van der Waals surface area contributed by atoms with Crippen LogP contribution in [0.25, 0.3) is 10.6 Å². The predicted octanol–water partition coefficient (Wildman–Crippen LogP) is 3.44. The van der Waals surface area contributed by atoms with E-state index < -0.39 is 0 Å². The van der Waals surface area contributed by atoms with Crippen molar-refractivity contribution in [2.75, 3.05) is 27.4 Å². The lowest BCUT2D eigenvalue weighted by Crippen LogP contribution is -2.46. The topological polar surface area (TPSA) is 43.8 Å². The van der Waals surface area contributed by atoms with Crippen molar-refractivity contribution < 1.29 is 14.2 Å². The average Bonchev–Trinajstić information content (AvgIpc) is 3.05. The van der Waals surface area contributed by atoms with Crippen molar-refractivity contribution in [2.24, 2.45) is 0 Å². The molecule has 0 amide bonds. The molecule has 1 saturated heterocycles. The largest absolute Gasteiger partial charge is 0.493 e. The first-order valence-corrected chi connectivity index (χ1v) is 9.01. The van der Waals surface area contributed by atoms with Crippen LogP contribution in [0.3, 0.4) is 0 Å². The van der Waals surface area contributed by atoms with Gasteiger partial charge in [-0.25, -0.2) is 4.98 Å². The molecule has 24 heavy (non-hydrogen) atoms. The minimum atomic E-state index is 0.276. The van der Waals surface area contributed by atoms with Gasteiger partial charge in [-0.1, -0.05) is 6.07 Å². The van der Waals surface area contributed by atoms with Gasteiger partial charge in [0.15, 0.2) is 11.5 Å². The number of methoxy groups -OCH3 is 2. The SMILES string of the molecule is COc1cccc(-c2nc(CN3C[C@H](C)OC[C@@H]3C)cs2)c1OC. The molecule has 6 heteroatoms. The van der Waals surface area contributed by atoms with Gasteiger partial charge >= 0.3 is 0 Å². The van der Waals surface area contributed by atoms with Crippen LogP contribution in [-0.4, -0.2) is 49.4 Å². The van der Waals surface area contributed by atoms with Gasteiger partial charge in [-0.05, 0) is 26.0 Å². The van der Waals surface area contributed by atoms with Crippen LogP contribution >= 0.6 is 11.3 Å². The number of morpholine rings is 1. The molecule has 1 aromatic heterocycles. The lowest BCUT2D eigenvalue weighted by Gasteiger charge is -2.36. The number of thiazole rings is 1. The Balaban J connectivity index is 1.81. The summed E-state index contributed by atoms with van der Waals surface area (Å²) in [7, 11) is 3.31. The number of rotatable bonds is 5. The molecule has 1 fully saturated rings. The number of para-hydroxylation sites is 1. The van der Waals surface area contributed by atoms with Crippen LogP contribution in [0.2, 0.25) is 0 Å². The lowest BCUT2D eigenvalue weighted by molar-refractivity contribution is -0.0530. The summed E-state index contributed by atoms with van der Waals surface area (Å²) in [4.78, 5) is 7.24. The third-order valence-corrected chi connectivity index (χ3v) is 5.21. The summed E-state index contributed by atoms with van der Waals surface area (Å²) in [5.74, 6) is 1.46. The van der Waals surface area contributed by atoms with E-state index in [1.807, 2.05) is 18.2 Å². The normalized spacial score (nSPS) is 21.7. The third kappa shape index (κ3) is 3.55. The molecule has 1 aliphatic rings. The Kier molecular flexibility index (Phi) is 5.38. The zero-order valence-electron chi connectivity index (χ0n) is 14.6. The van der Waals surface area contributed by atoms with Crippen molar-refractivity contribution in [1.82, 2.24) is 9.88 Å². The Labute approximate surface area is 147 Å². The van der Waals surface area contributed by atoms with Crippen LogP contribution in [0.1, 0.15) is 19.5 Å². The molecular weight excluding hydrogens is 324 g/mol. The van der Waals surface area contributed by atoms with E-state index in [9.17, 15) is 0 Å². The minimum absolute atomic E-state index is 0.276. The minimum Gasteiger partial charge on any atom is -0.493 e. The second-order valence-corrected chi connectivity index (χ2v) is 6.97. The van der Waals surface area contributed by atoms with Crippen LogP contribution in [0.5, 0.6) is 11.5 Å². The summed E-state index contributed by atoms with van der Waals surface area (Å²) in [6, 6.07) is 6.29. The standard InChI is InChI=1S/C18H24N2O3S/c1-12-10-23-13(2)8-20(12)9-14-11-24-18(19-14)15-6-5-7-16(21-3)17(15)22-4/h5-7,11-13H,8-10H2,1-4H3/t12-,13-/m0/s1. The van der Waals surface area contributed by atoms with E-state index in [-0.39, 0.29) is 6.10 Å². The molecule has 5 nitrogen and oxygen atoms in total. The van der Waals surface area contributed by atoms with Crippen LogP contribution in [0, 0.1) is 0 Å². The van der Waals surface area contributed by atoms with E-state index in [4.69, 9.17) is 19.2 Å². The molecule has 2 atom stereocenters. The van der Waals surface area contributed by atoms with Crippen molar-refractivity contribution >= 4 is 11.3 Å². The van der Waals surface area contributed by atoms with Crippen molar-refractivity contribution in [2.45, 2.75) is 32.5 Å². The first kappa shape index (κ1) is 17.2. The zero-order chi connectivity index (χ0) is 17.1. The van der Waals surface area contributed by atoms with E-state index in [0.717, 1.165) is 47.5 Å². The Morgan fingerprint density at radius 3 is 2.88 bits per heavy atom. The van der Waals surface area contributed by atoms with E-state index in [1.165, 1.54) is 0 Å². The Hall–Kier alpha value is -1.63. The summed E-state index contributed by atoms with van der Waals surface area (Å²) in [5, 5.41) is 3.08. The van der Waals surface area contributed by atoms with Crippen LogP contribution in [0.15, 0.2) is 23.6 Å². The molecular formula is C18H24N2O3S. The van der Waals surface area contributed by atoms with Gasteiger partial charge in [0.1, 0.15) is 5.01 Å². The quantitative estimate of drug-likeness (QED) is 0.828. The van der Waals surface area contributed by atoms with E-state index in [1.54, 1.807) is 25.6 Å². The maximum atomic E-state index is 5.70. The molecule has 0 unspecified atom stereocenters. The molecule has 2 heterocycles. The fraction of sp³-hybridized carbons (Fsp3) is 0.500. The molecule has 130 valence electrons. The number of ether oxygens (including phenoxy) is 3. The van der Waals surface area contributed by atoms with Gasteiger partial charge in [0, 0.05) is 24.5 Å². The Morgan fingerprint density at radius 1 is 1.29 bits per heavy atom. The Bertz CT molecular complexity index is 689. The van der Waals surface area contributed by atoms with E-state index in [0.29, 0.717) is 6.04 Å². The number of hydrogen-bond acceptors (Lipinski definition) is 6. The molecule has 1 aliphatic heterocycles. The summed E-state index contributed by atoms with van der Waals surface area (Å²) in [6.45, 7) is 6.88.